The molecule has 0 radical (unpaired) electrons. The molecule has 8 aromatic carbocycles. The molecule has 0 amide bonds. The topological polar surface area (TPSA) is 182 Å². The Kier molecular flexibility index (Phi) is 17.4. The molecule has 0 bridgehead atoms. The third-order valence-corrected chi connectivity index (χ3v) is 28.5. The van der Waals surface area contributed by atoms with Crippen molar-refractivity contribution in [3.8, 4) is 110 Å². The normalized spacial score (nSPS) is 23.2. The highest BCUT2D eigenvalue weighted by Gasteiger charge is 2.61. The van der Waals surface area contributed by atoms with Gasteiger partial charge in [0, 0.05) is 16.2 Å². The number of hydrogen-bond acceptors (Lipinski definition) is 15. The van der Waals surface area contributed by atoms with Crippen LogP contribution in [0.5, 0.6) is 92.0 Å². The van der Waals surface area contributed by atoms with Crippen molar-refractivity contribution >= 4 is 0 Å². The first-order chi connectivity index (χ1) is 53.6. The number of hydrogen-bond donors (Lipinski definition) is 0. The van der Waals surface area contributed by atoms with Crippen LogP contribution in [-0.4, -0.2) is 54.9 Å². The molecule has 114 heavy (non-hydrogen) atoms. The van der Waals surface area contributed by atoms with Gasteiger partial charge in [0.1, 0.15) is 23.3 Å². The Morgan fingerprint density at radius 1 is 0.281 bits per heavy atom. The number of nitrogens with zero attached hydrogens (tertiary/aromatic N) is 3. The van der Waals surface area contributed by atoms with Crippen LogP contribution in [0.25, 0.3) is 0 Å². The smallest absolute Gasteiger partial charge is 0.189 e. The summed E-state index contributed by atoms with van der Waals surface area (Å²) >= 11 is 0. The van der Waals surface area contributed by atoms with Crippen LogP contribution in [-0.2, 0) is 48.7 Å². The Balaban J connectivity index is 0.000000129. The standard InChI is InChI=1S/C33H32N2O4.C33H37NO4.C33H38O4/c1-17-18(2)20(14-35)30-29(19(17)13-34)38-27-10-22-24(12-28(27)39-30)33(16-32(22,5)6)15-31(3,4)21-9-25(36-7)26(37-8)11-23(21)33;1-17-18(2)20(14-34)30-29(19(17)3)37-28-13-24-22(11-27(28)38-30)32(6,7)16-33(24)15-31(4,5)21-10-25(35-8)26(36-9)12-23(21)33;1-17-18(2)20(4)30-29(19(17)3)36-27-12-22-24(14-28(27)37-30)33(16-32(22,7)8)15-31(5,6)21-11-25(34-9)26(35-10)13-23(21)33/h9-12H,15-16H2,1-8H3;10-13,29-30H,15-16H2,1-9H3;11-14H,15-16H2,1-10H3. The minimum atomic E-state index is -0.421. The number of ether oxygens (including phenoxy) is 12. The van der Waals surface area contributed by atoms with Crippen molar-refractivity contribution in [2.24, 2.45) is 0 Å². The van der Waals surface area contributed by atoms with E-state index in [1.807, 2.05) is 20.8 Å². The third kappa shape index (κ3) is 10.8. The lowest BCUT2D eigenvalue weighted by Crippen LogP contribution is -2.44. The van der Waals surface area contributed by atoms with Crippen LogP contribution in [0.4, 0.5) is 0 Å². The number of methoxy groups -OCH3 is 6. The molecule has 15 nitrogen and oxygen atoms in total. The van der Waals surface area contributed by atoms with E-state index in [-0.39, 0.29) is 54.8 Å². The Hall–Kier alpha value is -10.7. The minimum Gasteiger partial charge on any atom is -0.493 e. The van der Waals surface area contributed by atoms with Gasteiger partial charge in [0.25, 0.3) is 0 Å². The van der Waals surface area contributed by atoms with E-state index in [1.54, 1.807) is 42.7 Å². The van der Waals surface area contributed by atoms with Crippen molar-refractivity contribution in [2.75, 3.05) is 42.7 Å². The Labute approximate surface area is 673 Å². The van der Waals surface area contributed by atoms with Crippen LogP contribution in [0.2, 0.25) is 0 Å². The third-order valence-electron chi connectivity index (χ3n) is 28.5. The second-order valence-electron chi connectivity index (χ2n) is 37.9. The Morgan fingerprint density at radius 3 is 0.798 bits per heavy atom. The van der Waals surface area contributed by atoms with Crippen molar-refractivity contribution in [2.45, 2.75) is 245 Å². The summed E-state index contributed by atoms with van der Waals surface area (Å²) in [6.07, 6.45) is 5.14. The molecule has 10 aliphatic rings. The molecule has 5 atom stereocenters. The zero-order chi connectivity index (χ0) is 82.1. The van der Waals surface area contributed by atoms with Gasteiger partial charge < -0.3 is 56.8 Å². The van der Waals surface area contributed by atoms with Gasteiger partial charge in [-0.2, -0.15) is 15.8 Å². The Morgan fingerprint density at radius 2 is 0.518 bits per heavy atom. The van der Waals surface area contributed by atoms with Gasteiger partial charge in [-0.3, -0.25) is 0 Å². The van der Waals surface area contributed by atoms with Crippen molar-refractivity contribution in [1.29, 1.82) is 15.8 Å². The highest BCUT2D eigenvalue weighted by molar-refractivity contribution is 5.76. The van der Waals surface area contributed by atoms with E-state index < -0.39 is 6.10 Å². The van der Waals surface area contributed by atoms with Crippen molar-refractivity contribution in [1.82, 2.24) is 0 Å². The molecule has 0 saturated heterocycles. The molecule has 3 heterocycles. The average molecular weight is 1530 g/mol. The van der Waals surface area contributed by atoms with Gasteiger partial charge >= 0.3 is 0 Å². The lowest BCUT2D eigenvalue weighted by atomic mass is 9.72. The van der Waals surface area contributed by atoms with E-state index >= 15 is 0 Å². The molecule has 0 N–H and O–H groups in total. The molecule has 590 valence electrons. The molecule has 3 aliphatic heterocycles. The molecule has 0 saturated carbocycles. The summed E-state index contributed by atoms with van der Waals surface area (Å²) in [7, 11) is 10.2. The fourth-order valence-corrected chi connectivity index (χ4v) is 22.7. The van der Waals surface area contributed by atoms with Crippen LogP contribution in [0, 0.1) is 75.5 Å². The zero-order valence-corrected chi connectivity index (χ0v) is 71.6. The second-order valence-corrected chi connectivity index (χ2v) is 37.9. The van der Waals surface area contributed by atoms with E-state index in [9.17, 15) is 15.8 Å². The van der Waals surface area contributed by atoms with E-state index in [4.69, 9.17) is 56.8 Å². The Bertz CT molecular complexity index is 5800. The molecular formula is C99H107N3O12. The summed E-state index contributed by atoms with van der Waals surface area (Å²) < 4.78 is 73.8. The molecule has 0 aromatic heterocycles. The summed E-state index contributed by atoms with van der Waals surface area (Å²) in [5, 5.41) is 29.9. The summed E-state index contributed by atoms with van der Waals surface area (Å²) in [4.78, 5) is 0. The highest BCUT2D eigenvalue weighted by atomic mass is 16.6. The maximum absolute atomic E-state index is 9.97. The minimum absolute atomic E-state index is 0.00518. The van der Waals surface area contributed by atoms with Crippen LogP contribution in [0.3, 0.4) is 0 Å². The van der Waals surface area contributed by atoms with E-state index in [1.165, 1.54) is 77.9 Å². The quantitative estimate of drug-likeness (QED) is 0.153. The SMILES string of the molecule is COc1cc2c(cc1OC)C1(CC2(C)C)CC(C)(C)c2cc3c(cc21)OC1C(C)=C(C)C(C)=C(C#N)C1O3.COc1cc2c(cc1OC)C1(CC2(C)C)CC(C)(C)c2cc3c(cc21)Oc1c(C#N)c(C)c(C)c(C#N)c1O3.COc1cc2c(cc1OC)C1(CC2(C)C)CC(C)(C)c2cc3c(cc21)Oc1c(C)c(C)c(C)c(C)c1O3. The fraction of sp³-hybridized carbons (Fsp3) is 0.444. The molecule has 0 fully saturated rings. The predicted molar refractivity (Wildman–Crippen MR) is 443 cm³/mol. The van der Waals surface area contributed by atoms with Crippen molar-refractivity contribution in [3.63, 3.8) is 0 Å². The van der Waals surface area contributed by atoms with Crippen LogP contribution in [0.1, 0.15) is 254 Å². The molecule has 8 aromatic rings. The molecular weight excluding hydrogens is 1420 g/mol. The molecule has 3 spiro atoms. The first-order valence-electron chi connectivity index (χ1n) is 39.9. The molecule has 7 aliphatic carbocycles. The predicted octanol–water partition coefficient (Wildman–Crippen LogP) is 23.1. The van der Waals surface area contributed by atoms with Gasteiger partial charge in [0.15, 0.2) is 104 Å². The van der Waals surface area contributed by atoms with Gasteiger partial charge in [-0.25, -0.2) is 0 Å². The maximum Gasteiger partial charge on any atom is 0.189 e. The van der Waals surface area contributed by atoms with Gasteiger partial charge in [-0.15, -0.1) is 0 Å². The number of fused-ring (bicyclic) bond motifs is 18. The van der Waals surface area contributed by atoms with Crippen LogP contribution >= 0.6 is 0 Å². The number of nitriles is 3. The van der Waals surface area contributed by atoms with E-state index in [0.29, 0.717) is 39.7 Å². The second kappa shape index (κ2) is 25.7. The fourth-order valence-electron chi connectivity index (χ4n) is 22.7. The summed E-state index contributed by atoms with van der Waals surface area (Å²) in [6, 6.07) is 33.1. The average Bonchev–Trinajstić information content (AvgIpc) is 1.53. The van der Waals surface area contributed by atoms with Gasteiger partial charge in [-0.05, 0) is 323 Å². The van der Waals surface area contributed by atoms with Crippen LogP contribution < -0.4 is 56.8 Å². The van der Waals surface area contributed by atoms with E-state index in [2.05, 4.69) is 216 Å². The lowest BCUT2D eigenvalue weighted by molar-refractivity contribution is 0.0621. The summed E-state index contributed by atoms with van der Waals surface area (Å²) in [5.74, 6) is 11.1. The summed E-state index contributed by atoms with van der Waals surface area (Å²) in [5.41, 5.74) is 25.6. The van der Waals surface area contributed by atoms with Gasteiger partial charge in [0.2, 0.25) is 0 Å². The van der Waals surface area contributed by atoms with Crippen molar-refractivity contribution < 1.29 is 56.8 Å². The lowest BCUT2D eigenvalue weighted by Gasteiger charge is -2.39. The van der Waals surface area contributed by atoms with E-state index in [0.717, 1.165) is 146 Å². The first kappa shape index (κ1) is 77.3. The van der Waals surface area contributed by atoms with Gasteiger partial charge in [0.05, 0.1) is 54.3 Å². The maximum atomic E-state index is 9.97. The van der Waals surface area contributed by atoms with Gasteiger partial charge in [-0.1, -0.05) is 83.1 Å². The van der Waals surface area contributed by atoms with Crippen LogP contribution in [0.15, 0.2) is 95.1 Å². The molecule has 15 heteroatoms. The molecule has 18 rings (SSSR count). The highest BCUT2D eigenvalue weighted by Crippen LogP contribution is 2.70. The number of rotatable bonds is 6. The number of benzene rings is 8. The largest absolute Gasteiger partial charge is 0.493 e. The monoisotopic (exact) mass is 1530 g/mol. The zero-order valence-electron chi connectivity index (χ0n) is 71.6. The number of allylic oxidation sites excluding steroid dienone is 2. The van der Waals surface area contributed by atoms with Crippen molar-refractivity contribution in [3.05, 3.63) is 206 Å². The summed E-state index contributed by atoms with van der Waals surface area (Å²) in [6.45, 7) is 46.3. The molecule has 5 unspecified atom stereocenters. The first-order valence-corrected chi connectivity index (χ1v) is 39.9.